The average Bonchev–Trinajstić information content (AvgIpc) is 3.12. The molecule has 1 aliphatic carbocycles. The number of amides is 2. The molecule has 194 valence electrons. The lowest BCUT2D eigenvalue weighted by atomic mass is 9.68. The molecule has 2 aromatic carbocycles. The van der Waals surface area contributed by atoms with E-state index in [9.17, 15) is 35.0 Å². The number of hydrogen-bond donors (Lipinski definition) is 5. The second-order valence-electron chi connectivity index (χ2n) is 9.98. The molecule has 0 aromatic heterocycles. The molecule has 37 heavy (non-hydrogen) atoms. The lowest BCUT2D eigenvalue weighted by molar-refractivity contribution is -0.123. The van der Waals surface area contributed by atoms with Crippen LogP contribution in [-0.2, 0) is 9.59 Å². The first-order chi connectivity index (χ1) is 17.6. The second kappa shape index (κ2) is 11.0. The highest BCUT2D eigenvalue weighted by molar-refractivity contribution is 6.58. The summed E-state index contributed by atoms with van der Waals surface area (Å²) in [6, 6.07) is 12.8. The molecule has 0 saturated carbocycles. The standard InChI is InChI=1S/C28H32BNO7/c1-16(12-18-7-9-21(32)10-8-18)6-11-24(33)25-17(2)13-22-26(23(25)15-31)28(35)30(27(22)34)20-5-3-4-19(14-20)29(36)37/h3-5,7-10,12,14,22-24,26,31-33,36-37H,6,11,13,15H2,1-2H3/b16-12+/t22-,23+,24-,26-/m1/s1. The van der Waals surface area contributed by atoms with Gasteiger partial charge in [-0.2, -0.15) is 0 Å². The Hall–Kier alpha value is -3.24. The van der Waals surface area contributed by atoms with E-state index in [1.54, 1.807) is 36.4 Å². The number of anilines is 1. The molecule has 4 rings (SSSR count). The van der Waals surface area contributed by atoms with Crippen molar-refractivity contribution >= 4 is 36.2 Å². The molecule has 8 nitrogen and oxygen atoms in total. The number of aliphatic hydroxyl groups is 2. The monoisotopic (exact) mass is 505 g/mol. The molecule has 9 heteroatoms. The van der Waals surface area contributed by atoms with Gasteiger partial charge in [-0.3, -0.25) is 14.5 Å². The van der Waals surface area contributed by atoms with Crippen LogP contribution < -0.4 is 10.4 Å². The van der Waals surface area contributed by atoms with Crippen LogP contribution in [0.4, 0.5) is 5.69 Å². The average molecular weight is 505 g/mol. The van der Waals surface area contributed by atoms with Crippen molar-refractivity contribution in [1.82, 2.24) is 0 Å². The quantitative estimate of drug-likeness (QED) is 0.209. The minimum Gasteiger partial charge on any atom is -0.508 e. The number of aromatic hydroxyl groups is 1. The van der Waals surface area contributed by atoms with Gasteiger partial charge in [-0.25, -0.2) is 0 Å². The molecule has 4 atom stereocenters. The summed E-state index contributed by atoms with van der Waals surface area (Å²) < 4.78 is 0. The molecule has 5 N–H and O–H groups in total. The Morgan fingerprint density at radius 3 is 2.49 bits per heavy atom. The maximum atomic E-state index is 13.5. The summed E-state index contributed by atoms with van der Waals surface area (Å²) in [5, 5.41) is 49.9. The Labute approximate surface area is 216 Å². The van der Waals surface area contributed by atoms with Gasteiger partial charge in [0.25, 0.3) is 0 Å². The van der Waals surface area contributed by atoms with Crippen molar-refractivity contribution in [3.05, 3.63) is 70.8 Å². The fourth-order valence-electron chi connectivity index (χ4n) is 5.64. The topological polar surface area (TPSA) is 139 Å². The zero-order chi connectivity index (χ0) is 26.9. The highest BCUT2D eigenvalue weighted by atomic mass is 16.4. The lowest BCUT2D eigenvalue weighted by Crippen LogP contribution is -2.39. The number of fused-ring (bicyclic) bond motifs is 1. The van der Waals surface area contributed by atoms with E-state index in [0.29, 0.717) is 24.8 Å². The summed E-state index contributed by atoms with van der Waals surface area (Å²) in [5.74, 6) is -2.81. The Balaban J connectivity index is 1.53. The summed E-state index contributed by atoms with van der Waals surface area (Å²) in [6.45, 7) is 3.41. The molecule has 1 heterocycles. The molecule has 2 aromatic rings. The highest BCUT2D eigenvalue weighted by Crippen LogP contribution is 2.47. The van der Waals surface area contributed by atoms with Crippen molar-refractivity contribution in [3.63, 3.8) is 0 Å². The zero-order valence-electron chi connectivity index (χ0n) is 20.9. The number of aliphatic hydroxyl groups excluding tert-OH is 2. The normalized spacial score (nSPS) is 22.9. The van der Waals surface area contributed by atoms with Crippen molar-refractivity contribution in [1.29, 1.82) is 0 Å². The number of phenols is 1. The molecular formula is C28H32BNO7. The van der Waals surface area contributed by atoms with Crippen LogP contribution in [0.5, 0.6) is 5.75 Å². The van der Waals surface area contributed by atoms with Gasteiger partial charge < -0.3 is 25.4 Å². The largest absolute Gasteiger partial charge is 0.508 e. The number of carbonyl (C=O) groups excluding carboxylic acids is 2. The predicted molar refractivity (Wildman–Crippen MR) is 141 cm³/mol. The van der Waals surface area contributed by atoms with Gasteiger partial charge in [-0.15, -0.1) is 0 Å². The molecule has 2 amide bonds. The van der Waals surface area contributed by atoms with Crippen LogP contribution >= 0.6 is 0 Å². The SMILES string of the molecule is CC1=C([C@H](O)CC/C(C)=C/c2ccc(O)cc2)[C@H](CO)[C@@H]2C(=O)N(c3cccc(B(O)O)c3)C(=O)[C@@H]2C1. The van der Waals surface area contributed by atoms with Crippen molar-refractivity contribution in [2.45, 2.75) is 39.2 Å². The maximum Gasteiger partial charge on any atom is 0.488 e. The van der Waals surface area contributed by atoms with E-state index in [4.69, 9.17) is 0 Å². The molecular weight excluding hydrogens is 473 g/mol. The summed E-state index contributed by atoms with van der Waals surface area (Å²) in [5.41, 5.74) is 3.79. The molecule has 2 aliphatic rings. The van der Waals surface area contributed by atoms with Gasteiger partial charge in [-0.05, 0) is 74.0 Å². The summed E-state index contributed by atoms with van der Waals surface area (Å²) in [4.78, 5) is 27.9. The van der Waals surface area contributed by atoms with Crippen LogP contribution in [0, 0.1) is 17.8 Å². The first kappa shape index (κ1) is 26.8. The third-order valence-corrected chi connectivity index (χ3v) is 7.43. The number of hydrogen-bond acceptors (Lipinski definition) is 7. The molecule has 1 fully saturated rings. The van der Waals surface area contributed by atoms with Crippen LogP contribution in [-0.4, -0.2) is 57.0 Å². The zero-order valence-corrected chi connectivity index (χ0v) is 20.9. The number of nitrogens with zero attached hydrogens (tertiary/aromatic N) is 1. The van der Waals surface area contributed by atoms with E-state index < -0.39 is 42.8 Å². The van der Waals surface area contributed by atoms with E-state index in [2.05, 4.69) is 0 Å². The van der Waals surface area contributed by atoms with Crippen molar-refractivity contribution in [2.75, 3.05) is 11.5 Å². The van der Waals surface area contributed by atoms with Gasteiger partial charge >= 0.3 is 7.12 Å². The Morgan fingerprint density at radius 2 is 1.84 bits per heavy atom. The number of imide groups is 1. The number of phenolic OH excluding ortho intramolecular Hbond substituents is 1. The predicted octanol–water partition coefficient (Wildman–Crippen LogP) is 1.75. The fourth-order valence-corrected chi connectivity index (χ4v) is 5.64. The molecule has 0 bridgehead atoms. The Bertz CT molecular complexity index is 1240. The lowest BCUT2D eigenvalue weighted by Gasteiger charge is -2.35. The van der Waals surface area contributed by atoms with Crippen LogP contribution in [0.25, 0.3) is 6.08 Å². The smallest absolute Gasteiger partial charge is 0.488 e. The number of allylic oxidation sites excluding steroid dienone is 2. The highest BCUT2D eigenvalue weighted by Gasteiger charge is 2.54. The molecule has 1 aliphatic heterocycles. The van der Waals surface area contributed by atoms with Crippen molar-refractivity contribution in [2.24, 2.45) is 17.8 Å². The number of benzene rings is 2. The van der Waals surface area contributed by atoms with E-state index in [-0.39, 0.29) is 23.5 Å². The molecule has 0 unspecified atom stereocenters. The van der Waals surface area contributed by atoms with E-state index in [1.807, 2.05) is 19.9 Å². The first-order valence-electron chi connectivity index (χ1n) is 12.4. The van der Waals surface area contributed by atoms with Crippen LogP contribution in [0.2, 0.25) is 0 Å². The molecule has 0 spiro atoms. The van der Waals surface area contributed by atoms with Crippen LogP contribution in [0.1, 0.15) is 38.7 Å². The van der Waals surface area contributed by atoms with Crippen LogP contribution in [0.3, 0.4) is 0 Å². The molecule has 0 radical (unpaired) electrons. The van der Waals surface area contributed by atoms with E-state index in [1.165, 1.54) is 12.1 Å². The summed E-state index contributed by atoms with van der Waals surface area (Å²) in [7, 11) is -1.74. The van der Waals surface area contributed by atoms with Crippen LogP contribution in [0.15, 0.2) is 65.3 Å². The third kappa shape index (κ3) is 5.40. The van der Waals surface area contributed by atoms with Gasteiger partial charge in [0.15, 0.2) is 0 Å². The first-order valence-corrected chi connectivity index (χ1v) is 12.4. The van der Waals surface area contributed by atoms with Crippen molar-refractivity contribution in [3.8, 4) is 5.75 Å². The molecule has 1 saturated heterocycles. The summed E-state index contributed by atoms with van der Waals surface area (Å²) in [6.07, 6.45) is 2.37. The van der Waals surface area contributed by atoms with Gasteiger partial charge in [0.05, 0.1) is 30.2 Å². The minimum atomic E-state index is -1.74. The third-order valence-electron chi connectivity index (χ3n) is 7.43. The fraction of sp³-hybridized carbons (Fsp3) is 0.357. The number of carbonyl (C=O) groups is 2. The second-order valence-corrected chi connectivity index (χ2v) is 9.98. The van der Waals surface area contributed by atoms with Gasteiger partial charge in [-0.1, -0.05) is 41.5 Å². The van der Waals surface area contributed by atoms with E-state index >= 15 is 0 Å². The summed E-state index contributed by atoms with van der Waals surface area (Å²) >= 11 is 0. The van der Waals surface area contributed by atoms with Gasteiger partial charge in [0.2, 0.25) is 11.8 Å². The number of rotatable bonds is 8. The Morgan fingerprint density at radius 1 is 1.14 bits per heavy atom. The van der Waals surface area contributed by atoms with Gasteiger partial charge in [0.1, 0.15) is 5.75 Å². The minimum absolute atomic E-state index is 0.160. The maximum absolute atomic E-state index is 13.5. The van der Waals surface area contributed by atoms with Crippen molar-refractivity contribution < 1.29 is 35.0 Å². The van der Waals surface area contributed by atoms with Gasteiger partial charge in [0, 0.05) is 5.92 Å². The Kier molecular flexibility index (Phi) is 7.99. The van der Waals surface area contributed by atoms with E-state index in [0.717, 1.165) is 21.6 Å².